The maximum absolute atomic E-state index is 13.6. The first-order valence-electron chi connectivity index (χ1n) is 9.65. The van der Waals surface area contributed by atoms with Crippen LogP contribution in [0.2, 0.25) is 0 Å². The van der Waals surface area contributed by atoms with Crippen molar-refractivity contribution >= 4 is 27.5 Å². The molecule has 0 fully saturated rings. The topological polar surface area (TPSA) is 61.2 Å². The second-order valence-corrected chi connectivity index (χ2v) is 8.04. The van der Waals surface area contributed by atoms with Crippen LogP contribution in [0.25, 0.3) is 21.3 Å². The minimum absolute atomic E-state index is 0.198. The Morgan fingerprint density at radius 1 is 1.14 bits per heavy atom. The maximum Gasteiger partial charge on any atom is 0.331 e. The molecule has 2 aromatic heterocycles. The number of benzene rings is 1. The Morgan fingerprint density at radius 2 is 1.82 bits per heavy atom. The van der Waals surface area contributed by atoms with Gasteiger partial charge in [0.2, 0.25) is 0 Å². The minimum atomic E-state index is -1.13. The second-order valence-electron chi connectivity index (χ2n) is 7.18. The lowest BCUT2D eigenvalue weighted by Gasteiger charge is -2.27. The van der Waals surface area contributed by atoms with Gasteiger partial charge < -0.3 is 4.74 Å². The Kier molecular flexibility index (Phi) is 5.70. The van der Waals surface area contributed by atoms with Crippen LogP contribution in [0.5, 0.6) is 0 Å². The SMILES string of the molecule is CCOC(=O)C(C)(C)n1c(CC)nc2scc(-c3ccc(CC)cc3)c2c1=O. The van der Waals surface area contributed by atoms with Crippen molar-refractivity contribution in [2.24, 2.45) is 0 Å². The molecule has 0 radical (unpaired) electrons. The second kappa shape index (κ2) is 7.87. The fourth-order valence-corrected chi connectivity index (χ4v) is 4.33. The molecular formula is C22H26N2O3S. The Labute approximate surface area is 169 Å². The van der Waals surface area contributed by atoms with Gasteiger partial charge in [-0.2, -0.15) is 0 Å². The van der Waals surface area contributed by atoms with Gasteiger partial charge in [-0.25, -0.2) is 9.78 Å². The summed E-state index contributed by atoms with van der Waals surface area (Å²) in [7, 11) is 0. The van der Waals surface area contributed by atoms with E-state index in [1.807, 2.05) is 24.4 Å². The Hall–Kier alpha value is -2.47. The quantitative estimate of drug-likeness (QED) is 0.572. The van der Waals surface area contributed by atoms with E-state index in [0.29, 0.717) is 22.5 Å². The predicted molar refractivity (Wildman–Crippen MR) is 114 cm³/mol. The highest BCUT2D eigenvalue weighted by Gasteiger charge is 2.35. The maximum atomic E-state index is 13.6. The predicted octanol–water partition coefficient (Wildman–Crippen LogP) is 4.55. The third kappa shape index (κ3) is 3.37. The summed E-state index contributed by atoms with van der Waals surface area (Å²) >= 11 is 1.46. The number of nitrogens with zero attached hydrogens (tertiary/aromatic N) is 2. The molecule has 2 heterocycles. The van der Waals surface area contributed by atoms with Crippen molar-refractivity contribution < 1.29 is 9.53 Å². The van der Waals surface area contributed by atoms with Crippen LogP contribution in [0.1, 0.15) is 46.0 Å². The van der Waals surface area contributed by atoms with Gasteiger partial charge in [0.05, 0.1) is 12.0 Å². The Balaban J connectivity index is 2.26. The number of aromatic nitrogens is 2. The standard InChI is InChI=1S/C22H26N2O3S/c1-6-14-9-11-15(12-10-14)16-13-28-19-18(16)20(25)24(17(7-2)23-19)22(4,5)21(26)27-8-3/h9-13H,6-8H2,1-5H3. The summed E-state index contributed by atoms with van der Waals surface area (Å²) in [5.74, 6) is 0.155. The summed E-state index contributed by atoms with van der Waals surface area (Å²) in [4.78, 5) is 31.6. The zero-order valence-electron chi connectivity index (χ0n) is 17.0. The monoisotopic (exact) mass is 398 g/mol. The van der Waals surface area contributed by atoms with Crippen LogP contribution in [-0.2, 0) is 27.9 Å². The lowest BCUT2D eigenvalue weighted by molar-refractivity contribution is -0.152. The normalized spacial score (nSPS) is 11.8. The molecule has 0 saturated carbocycles. The highest BCUT2D eigenvalue weighted by atomic mass is 32.1. The number of esters is 1. The van der Waals surface area contributed by atoms with Crippen molar-refractivity contribution in [3.63, 3.8) is 0 Å². The van der Waals surface area contributed by atoms with Gasteiger partial charge in [-0.1, -0.05) is 38.1 Å². The molecule has 0 aliphatic heterocycles. The molecule has 3 rings (SSSR count). The first-order valence-corrected chi connectivity index (χ1v) is 10.5. The van der Waals surface area contributed by atoms with E-state index in [9.17, 15) is 9.59 Å². The third-order valence-corrected chi connectivity index (χ3v) is 5.87. The van der Waals surface area contributed by atoms with Crippen molar-refractivity contribution in [1.29, 1.82) is 0 Å². The molecule has 0 N–H and O–H groups in total. The van der Waals surface area contributed by atoms with E-state index in [1.54, 1.807) is 20.8 Å². The number of fused-ring (bicyclic) bond motifs is 1. The number of rotatable bonds is 6. The number of hydrogen-bond acceptors (Lipinski definition) is 5. The average Bonchev–Trinajstić information content (AvgIpc) is 3.12. The molecule has 0 amide bonds. The van der Waals surface area contributed by atoms with Crippen LogP contribution >= 0.6 is 11.3 Å². The molecule has 0 unspecified atom stereocenters. The highest BCUT2D eigenvalue weighted by molar-refractivity contribution is 7.17. The number of thiophene rings is 1. The van der Waals surface area contributed by atoms with Crippen molar-refractivity contribution in [1.82, 2.24) is 9.55 Å². The molecule has 0 aliphatic carbocycles. The number of carbonyl (C=O) groups is 1. The van der Waals surface area contributed by atoms with Gasteiger partial charge in [0, 0.05) is 17.4 Å². The van der Waals surface area contributed by atoms with Gasteiger partial charge >= 0.3 is 5.97 Å². The molecule has 3 aromatic rings. The van der Waals surface area contributed by atoms with Crippen LogP contribution in [-0.4, -0.2) is 22.1 Å². The average molecular weight is 399 g/mol. The van der Waals surface area contributed by atoms with Crippen LogP contribution in [0.15, 0.2) is 34.4 Å². The van der Waals surface area contributed by atoms with Gasteiger partial charge in [-0.3, -0.25) is 9.36 Å². The van der Waals surface area contributed by atoms with E-state index in [1.165, 1.54) is 21.5 Å². The highest BCUT2D eigenvalue weighted by Crippen LogP contribution is 2.32. The summed E-state index contributed by atoms with van der Waals surface area (Å²) in [6.45, 7) is 9.49. The molecule has 1 aromatic carbocycles. The van der Waals surface area contributed by atoms with Crippen LogP contribution in [0, 0.1) is 0 Å². The summed E-state index contributed by atoms with van der Waals surface area (Å²) in [5.41, 5.74) is 1.75. The molecule has 0 aliphatic rings. The van der Waals surface area contributed by atoms with Gasteiger partial charge in [0.15, 0.2) is 0 Å². The van der Waals surface area contributed by atoms with E-state index in [-0.39, 0.29) is 12.2 Å². The molecule has 0 spiro atoms. The molecule has 0 atom stereocenters. The molecule has 148 valence electrons. The molecule has 0 bridgehead atoms. The Morgan fingerprint density at radius 3 is 2.39 bits per heavy atom. The van der Waals surface area contributed by atoms with Crippen LogP contribution in [0.4, 0.5) is 0 Å². The third-order valence-electron chi connectivity index (χ3n) is 5.00. The lowest BCUT2D eigenvalue weighted by Crippen LogP contribution is -2.45. The van der Waals surface area contributed by atoms with Gasteiger partial charge in [0.1, 0.15) is 16.2 Å². The van der Waals surface area contributed by atoms with Gasteiger partial charge in [-0.15, -0.1) is 11.3 Å². The summed E-state index contributed by atoms with van der Waals surface area (Å²) < 4.78 is 6.73. The lowest BCUT2D eigenvalue weighted by atomic mass is 10.0. The van der Waals surface area contributed by atoms with E-state index in [2.05, 4.69) is 19.1 Å². The summed E-state index contributed by atoms with van der Waals surface area (Å²) in [5, 5.41) is 2.53. The zero-order chi connectivity index (χ0) is 20.5. The summed E-state index contributed by atoms with van der Waals surface area (Å²) in [6, 6.07) is 8.23. The van der Waals surface area contributed by atoms with Crippen molar-refractivity contribution in [3.05, 3.63) is 51.4 Å². The van der Waals surface area contributed by atoms with Crippen LogP contribution < -0.4 is 5.56 Å². The van der Waals surface area contributed by atoms with E-state index >= 15 is 0 Å². The van der Waals surface area contributed by atoms with Crippen LogP contribution in [0.3, 0.4) is 0 Å². The number of hydrogen-bond donors (Lipinski definition) is 0. The fraction of sp³-hybridized carbons (Fsp3) is 0.409. The fourth-order valence-electron chi connectivity index (χ4n) is 3.38. The molecule has 0 saturated heterocycles. The first-order chi connectivity index (χ1) is 13.3. The number of ether oxygens (including phenoxy) is 1. The number of carbonyl (C=O) groups excluding carboxylic acids is 1. The van der Waals surface area contributed by atoms with Gasteiger partial charge in [-0.05, 0) is 38.3 Å². The zero-order valence-corrected chi connectivity index (χ0v) is 17.9. The first kappa shape index (κ1) is 20.3. The summed E-state index contributed by atoms with van der Waals surface area (Å²) in [6.07, 6.45) is 1.51. The van der Waals surface area contributed by atoms with E-state index in [4.69, 9.17) is 9.72 Å². The molecular weight excluding hydrogens is 372 g/mol. The molecule has 6 heteroatoms. The van der Waals surface area contributed by atoms with Crippen molar-refractivity contribution in [2.75, 3.05) is 6.61 Å². The van der Waals surface area contributed by atoms with Crippen molar-refractivity contribution in [2.45, 2.75) is 53.0 Å². The minimum Gasteiger partial charge on any atom is -0.464 e. The Bertz CT molecular complexity index is 1060. The molecule has 5 nitrogen and oxygen atoms in total. The van der Waals surface area contributed by atoms with Crippen molar-refractivity contribution in [3.8, 4) is 11.1 Å². The van der Waals surface area contributed by atoms with E-state index in [0.717, 1.165) is 17.5 Å². The largest absolute Gasteiger partial charge is 0.464 e. The van der Waals surface area contributed by atoms with Gasteiger partial charge in [0.25, 0.3) is 5.56 Å². The smallest absolute Gasteiger partial charge is 0.331 e. The molecule has 28 heavy (non-hydrogen) atoms. The number of aryl methyl sites for hydroxylation is 2. The van der Waals surface area contributed by atoms with E-state index < -0.39 is 11.5 Å².